The van der Waals surface area contributed by atoms with Gasteiger partial charge in [-0.3, -0.25) is 14.5 Å². The molecular weight excluding hydrogens is 593 g/mol. The van der Waals surface area contributed by atoms with Crippen LogP contribution in [0, 0.1) is 3.57 Å². The maximum Gasteiger partial charge on any atom is 0.266 e. The highest BCUT2D eigenvalue weighted by atomic mass is 127. The van der Waals surface area contributed by atoms with Gasteiger partial charge in [0.15, 0.2) is 16.7 Å². The number of methoxy groups -OCH3 is 1. The zero-order valence-electron chi connectivity index (χ0n) is 20.5. The van der Waals surface area contributed by atoms with Crippen LogP contribution in [-0.4, -0.2) is 73.8 Å². The molecule has 0 spiro atoms. The van der Waals surface area contributed by atoms with Crippen LogP contribution in [0.15, 0.2) is 46.3 Å². The molecule has 2 heterocycles. The summed E-state index contributed by atoms with van der Waals surface area (Å²) in [7, 11) is 3.30. The minimum atomic E-state index is -0.139. The third kappa shape index (κ3) is 6.04. The summed E-state index contributed by atoms with van der Waals surface area (Å²) in [6, 6.07) is 11.0. The number of morpholine rings is 1. The highest BCUT2D eigenvalue weighted by Crippen LogP contribution is 2.37. The van der Waals surface area contributed by atoms with E-state index in [4.69, 9.17) is 14.2 Å². The molecule has 2 aromatic rings. The Morgan fingerprint density at radius 3 is 2.75 bits per heavy atom. The molecule has 0 N–H and O–H groups in total. The average Bonchev–Trinajstić information content (AvgIpc) is 3.15. The van der Waals surface area contributed by atoms with Crippen LogP contribution >= 0.6 is 34.4 Å². The molecule has 2 aromatic carbocycles. The van der Waals surface area contributed by atoms with Crippen molar-refractivity contribution in [1.29, 1.82) is 0 Å². The molecule has 0 radical (unpaired) electrons. The molecule has 0 atom stereocenters. The van der Waals surface area contributed by atoms with Crippen molar-refractivity contribution in [1.82, 2.24) is 9.80 Å². The van der Waals surface area contributed by atoms with Gasteiger partial charge < -0.3 is 19.1 Å². The van der Waals surface area contributed by atoms with E-state index in [-0.39, 0.29) is 11.8 Å². The van der Waals surface area contributed by atoms with E-state index in [9.17, 15) is 9.59 Å². The quantitative estimate of drug-likeness (QED) is 0.327. The van der Waals surface area contributed by atoms with Gasteiger partial charge in [-0.1, -0.05) is 13.0 Å². The molecule has 0 saturated carbocycles. The lowest BCUT2D eigenvalue weighted by atomic mass is 10.1. The number of carbonyl (C=O) groups is 2. The number of rotatable bonds is 7. The van der Waals surface area contributed by atoms with Gasteiger partial charge in [-0.05, 0) is 82.7 Å². The molecule has 2 amide bonds. The Labute approximate surface area is 228 Å². The van der Waals surface area contributed by atoms with E-state index in [1.165, 1.54) is 16.7 Å². The highest BCUT2D eigenvalue weighted by molar-refractivity contribution is 14.1. The Bertz CT molecular complexity index is 1210. The topological polar surface area (TPSA) is 80.7 Å². The number of carbonyl (C=O) groups excluding carboxylic acids is 2. The summed E-state index contributed by atoms with van der Waals surface area (Å²) in [5, 5.41) is 0.548. The molecule has 2 saturated heterocycles. The van der Waals surface area contributed by atoms with E-state index in [0.717, 1.165) is 15.6 Å². The number of hydrogen-bond donors (Lipinski definition) is 0. The van der Waals surface area contributed by atoms with E-state index in [0.29, 0.717) is 65.7 Å². The molecule has 36 heavy (non-hydrogen) atoms. The van der Waals surface area contributed by atoms with Gasteiger partial charge in [0.1, 0.15) is 0 Å². The lowest BCUT2D eigenvalue weighted by Gasteiger charge is -2.26. The van der Waals surface area contributed by atoms with Crippen LogP contribution < -0.4 is 9.47 Å². The SMILES string of the molecule is CCCOc1c(I)cc(/C=C2/SC(=Nc3cccc(C(=O)N4CCOCC4)c3)N(C)C2=O)cc1OC. The van der Waals surface area contributed by atoms with Crippen LogP contribution in [0.1, 0.15) is 29.3 Å². The normalized spacial score (nSPS) is 18.3. The first-order valence-electron chi connectivity index (χ1n) is 11.6. The molecule has 2 fully saturated rings. The van der Waals surface area contributed by atoms with Crippen LogP contribution in [0.25, 0.3) is 6.08 Å². The number of hydrogen-bond acceptors (Lipinski definition) is 7. The largest absolute Gasteiger partial charge is 0.493 e. The summed E-state index contributed by atoms with van der Waals surface area (Å²) in [5.41, 5.74) is 2.02. The molecule has 2 aliphatic rings. The lowest BCUT2D eigenvalue weighted by molar-refractivity contribution is -0.121. The van der Waals surface area contributed by atoms with Crippen LogP contribution in [0.4, 0.5) is 5.69 Å². The van der Waals surface area contributed by atoms with Gasteiger partial charge in [0.05, 0.1) is 41.1 Å². The van der Waals surface area contributed by atoms with Crippen molar-refractivity contribution in [3.63, 3.8) is 0 Å². The number of likely N-dealkylation sites (N-methyl/N-ethyl adjacent to an activating group) is 1. The van der Waals surface area contributed by atoms with Crippen LogP contribution in [0.5, 0.6) is 11.5 Å². The highest BCUT2D eigenvalue weighted by Gasteiger charge is 2.30. The smallest absolute Gasteiger partial charge is 0.266 e. The Kier molecular flexibility index (Phi) is 8.91. The van der Waals surface area contributed by atoms with Crippen molar-refractivity contribution in [2.75, 3.05) is 47.1 Å². The first-order valence-corrected chi connectivity index (χ1v) is 13.5. The fourth-order valence-corrected chi connectivity index (χ4v) is 5.51. The Morgan fingerprint density at radius 1 is 1.25 bits per heavy atom. The van der Waals surface area contributed by atoms with E-state index >= 15 is 0 Å². The lowest BCUT2D eigenvalue weighted by Crippen LogP contribution is -2.40. The minimum absolute atomic E-state index is 0.0423. The number of nitrogens with zero attached hydrogens (tertiary/aromatic N) is 3. The van der Waals surface area contributed by atoms with Gasteiger partial charge in [-0.25, -0.2) is 4.99 Å². The van der Waals surface area contributed by atoms with Crippen molar-refractivity contribution in [3.05, 3.63) is 56.0 Å². The van der Waals surface area contributed by atoms with Crippen molar-refractivity contribution in [2.45, 2.75) is 13.3 Å². The maximum absolute atomic E-state index is 13.0. The number of amides is 2. The Balaban J connectivity index is 1.56. The summed E-state index contributed by atoms with van der Waals surface area (Å²) in [4.78, 5) is 34.3. The second-order valence-corrected chi connectivity index (χ2v) is 10.4. The molecule has 0 aliphatic carbocycles. The molecule has 10 heteroatoms. The number of ether oxygens (including phenoxy) is 3. The van der Waals surface area contributed by atoms with Crippen molar-refractivity contribution < 1.29 is 23.8 Å². The summed E-state index contributed by atoms with van der Waals surface area (Å²) in [6.07, 6.45) is 2.73. The average molecular weight is 621 g/mol. The summed E-state index contributed by atoms with van der Waals surface area (Å²) < 4.78 is 17.6. The zero-order valence-corrected chi connectivity index (χ0v) is 23.4. The maximum atomic E-state index is 13.0. The third-order valence-electron chi connectivity index (χ3n) is 5.62. The second-order valence-electron chi connectivity index (χ2n) is 8.21. The molecule has 0 aromatic heterocycles. The van der Waals surface area contributed by atoms with Crippen molar-refractivity contribution >= 4 is 63.1 Å². The monoisotopic (exact) mass is 621 g/mol. The molecule has 2 aliphatic heterocycles. The summed E-state index contributed by atoms with van der Waals surface area (Å²) in [6.45, 7) is 4.90. The van der Waals surface area contributed by atoms with Gasteiger partial charge >= 0.3 is 0 Å². The number of thioether (sulfide) groups is 1. The molecular formula is C26H28IN3O5S. The minimum Gasteiger partial charge on any atom is -0.493 e. The molecule has 0 unspecified atom stereocenters. The molecule has 190 valence electrons. The zero-order chi connectivity index (χ0) is 25.7. The predicted molar refractivity (Wildman–Crippen MR) is 150 cm³/mol. The van der Waals surface area contributed by atoms with Crippen LogP contribution in [-0.2, 0) is 9.53 Å². The van der Waals surface area contributed by atoms with Crippen LogP contribution in [0.3, 0.4) is 0 Å². The van der Waals surface area contributed by atoms with E-state index < -0.39 is 0 Å². The van der Waals surface area contributed by atoms with Gasteiger partial charge in [-0.15, -0.1) is 0 Å². The molecule has 4 rings (SSSR count). The fraction of sp³-hybridized carbons (Fsp3) is 0.346. The van der Waals surface area contributed by atoms with Crippen LogP contribution in [0.2, 0.25) is 0 Å². The standard InChI is InChI=1S/C26H28IN3O5S/c1-4-10-35-23-20(27)13-17(14-21(23)33-3)15-22-25(32)29(2)26(36-22)28-19-7-5-6-18(16-19)24(31)30-8-11-34-12-9-30/h5-7,13-16H,4,8-12H2,1-3H3/b22-15+,28-26?. The van der Waals surface area contributed by atoms with Gasteiger partial charge in [0.25, 0.3) is 11.8 Å². The first kappa shape index (κ1) is 26.5. The van der Waals surface area contributed by atoms with Gasteiger partial charge in [-0.2, -0.15) is 0 Å². The predicted octanol–water partition coefficient (Wildman–Crippen LogP) is 4.79. The van der Waals surface area contributed by atoms with Gasteiger partial charge in [0.2, 0.25) is 0 Å². The number of benzene rings is 2. The van der Waals surface area contributed by atoms with Crippen molar-refractivity contribution in [3.8, 4) is 11.5 Å². The molecule has 8 nitrogen and oxygen atoms in total. The second kappa shape index (κ2) is 12.1. The van der Waals surface area contributed by atoms with Gasteiger partial charge in [0, 0.05) is 25.7 Å². The number of halogens is 1. The molecule has 0 bridgehead atoms. The fourth-order valence-electron chi connectivity index (χ4n) is 3.74. The van der Waals surface area contributed by atoms with E-state index in [2.05, 4.69) is 34.5 Å². The van der Waals surface area contributed by atoms with E-state index in [1.807, 2.05) is 30.3 Å². The Hall–Kier alpha value is -2.57. The third-order valence-corrected chi connectivity index (χ3v) is 7.48. The number of aliphatic imine (C=N–C) groups is 1. The number of amidine groups is 1. The van der Waals surface area contributed by atoms with Crippen molar-refractivity contribution in [2.24, 2.45) is 4.99 Å². The van der Waals surface area contributed by atoms with E-state index in [1.54, 1.807) is 31.2 Å². The summed E-state index contributed by atoms with van der Waals surface area (Å²) >= 11 is 3.51. The summed E-state index contributed by atoms with van der Waals surface area (Å²) in [5.74, 6) is 1.15. The Morgan fingerprint density at radius 2 is 2.03 bits per heavy atom. The first-order chi connectivity index (χ1) is 17.4.